The Morgan fingerprint density at radius 3 is 2.75 bits per heavy atom. The van der Waals surface area contributed by atoms with Gasteiger partial charge in [-0.2, -0.15) is 0 Å². The van der Waals surface area contributed by atoms with E-state index < -0.39 is 10.0 Å². The number of aryl methyl sites for hydroxylation is 1. The normalized spacial score (nSPS) is 11.9. The predicted molar refractivity (Wildman–Crippen MR) is 66.0 cm³/mol. The second kappa shape index (κ2) is 6.29. The van der Waals surface area contributed by atoms with E-state index in [9.17, 15) is 8.42 Å². The van der Waals surface area contributed by atoms with Crippen LogP contribution in [0.3, 0.4) is 0 Å². The van der Waals surface area contributed by atoms with Crippen molar-refractivity contribution < 1.29 is 8.42 Å². The minimum absolute atomic E-state index is 0.406. The summed E-state index contributed by atoms with van der Waals surface area (Å²) in [5, 5.41) is 6.28. The van der Waals surface area contributed by atoms with Gasteiger partial charge < -0.3 is 5.32 Å². The Labute approximate surface area is 100 Å². The lowest BCUT2D eigenvalue weighted by Gasteiger charge is -2.03. The minimum atomic E-state index is -3.07. The fourth-order valence-corrected chi connectivity index (χ4v) is 2.35. The molecule has 0 amide bonds. The molecule has 5 nitrogen and oxygen atoms in total. The van der Waals surface area contributed by atoms with E-state index in [-0.39, 0.29) is 0 Å². The first-order chi connectivity index (χ1) is 7.51. The lowest BCUT2D eigenvalue weighted by atomic mass is 10.4. The highest BCUT2D eigenvalue weighted by atomic mass is 32.2. The van der Waals surface area contributed by atoms with Crippen LogP contribution in [0, 0.1) is 0 Å². The number of sulfonamides is 1. The zero-order valence-corrected chi connectivity index (χ0v) is 11.1. The van der Waals surface area contributed by atoms with Crippen LogP contribution >= 0.6 is 11.3 Å². The van der Waals surface area contributed by atoms with Crippen molar-refractivity contribution in [3.05, 3.63) is 16.1 Å². The molecule has 7 heteroatoms. The van der Waals surface area contributed by atoms with Crippen molar-refractivity contribution in [1.82, 2.24) is 15.0 Å². The number of rotatable bonds is 7. The molecule has 0 unspecified atom stereocenters. The van der Waals surface area contributed by atoms with Gasteiger partial charge in [-0.15, -0.1) is 11.3 Å². The highest BCUT2D eigenvalue weighted by Crippen LogP contribution is 2.09. The lowest BCUT2D eigenvalue weighted by Crippen LogP contribution is -2.30. The van der Waals surface area contributed by atoms with Crippen LogP contribution in [0.5, 0.6) is 0 Å². The summed E-state index contributed by atoms with van der Waals surface area (Å²) < 4.78 is 23.9. The first-order valence-corrected chi connectivity index (χ1v) is 7.87. The van der Waals surface area contributed by atoms with E-state index in [1.165, 1.54) is 0 Å². The molecule has 0 saturated heterocycles. The minimum Gasteiger partial charge on any atom is -0.310 e. The van der Waals surface area contributed by atoms with Gasteiger partial charge in [-0.25, -0.2) is 18.1 Å². The highest BCUT2D eigenvalue weighted by molar-refractivity contribution is 7.88. The largest absolute Gasteiger partial charge is 0.310 e. The molecule has 0 aliphatic rings. The van der Waals surface area contributed by atoms with Crippen LogP contribution in [0.15, 0.2) is 5.38 Å². The number of nitrogens with zero attached hydrogens (tertiary/aromatic N) is 1. The summed E-state index contributed by atoms with van der Waals surface area (Å²) in [7, 11) is -3.07. The van der Waals surface area contributed by atoms with Crippen LogP contribution in [-0.4, -0.2) is 32.7 Å². The summed E-state index contributed by atoms with van der Waals surface area (Å²) in [6.45, 7) is 3.77. The van der Waals surface area contributed by atoms with E-state index in [4.69, 9.17) is 0 Å². The van der Waals surface area contributed by atoms with Crippen molar-refractivity contribution in [3.8, 4) is 0 Å². The Hall–Kier alpha value is -0.500. The first kappa shape index (κ1) is 13.6. The lowest BCUT2D eigenvalue weighted by molar-refractivity contribution is 0.581. The van der Waals surface area contributed by atoms with Crippen LogP contribution in [0.25, 0.3) is 0 Å². The smallest absolute Gasteiger partial charge is 0.208 e. The summed E-state index contributed by atoms with van der Waals surface area (Å²) in [5.74, 6) is 0. The molecule has 0 fully saturated rings. The van der Waals surface area contributed by atoms with Gasteiger partial charge in [0.1, 0.15) is 0 Å². The quantitative estimate of drug-likeness (QED) is 0.696. The van der Waals surface area contributed by atoms with E-state index in [1.807, 2.05) is 5.38 Å². The summed E-state index contributed by atoms with van der Waals surface area (Å²) in [4.78, 5) is 4.39. The second-order valence-electron chi connectivity index (χ2n) is 3.43. The Bertz CT molecular complexity index is 414. The molecule has 0 spiro atoms. The van der Waals surface area contributed by atoms with Crippen LogP contribution in [-0.2, 0) is 23.0 Å². The maximum Gasteiger partial charge on any atom is 0.208 e. The number of hydrogen-bond donors (Lipinski definition) is 2. The van der Waals surface area contributed by atoms with Crippen molar-refractivity contribution in [2.75, 3.05) is 19.3 Å². The number of hydrogen-bond acceptors (Lipinski definition) is 5. The van der Waals surface area contributed by atoms with Crippen molar-refractivity contribution in [2.45, 2.75) is 19.9 Å². The predicted octanol–water partition coefficient (Wildman–Crippen LogP) is 0.344. The van der Waals surface area contributed by atoms with Crippen molar-refractivity contribution in [1.29, 1.82) is 0 Å². The van der Waals surface area contributed by atoms with Crippen molar-refractivity contribution in [2.24, 2.45) is 0 Å². The summed E-state index contributed by atoms with van der Waals surface area (Å²) in [6.07, 6.45) is 2.11. The molecule has 0 saturated carbocycles. The van der Waals surface area contributed by atoms with Crippen LogP contribution in [0.1, 0.15) is 17.6 Å². The van der Waals surface area contributed by atoms with Crippen molar-refractivity contribution >= 4 is 21.4 Å². The third kappa shape index (κ3) is 5.55. The van der Waals surface area contributed by atoms with E-state index >= 15 is 0 Å². The van der Waals surface area contributed by atoms with Gasteiger partial charge in [0.2, 0.25) is 10.0 Å². The van der Waals surface area contributed by atoms with Crippen molar-refractivity contribution in [3.63, 3.8) is 0 Å². The Kier molecular flexibility index (Phi) is 5.33. The average Bonchev–Trinajstić information content (AvgIpc) is 2.63. The topological polar surface area (TPSA) is 71.1 Å². The van der Waals surface area contributed by atoms with Crippen LogP contribution in [0.4, 0.5) is 0 Å². The highest BCUT2D eigenvalue weighted by Gasteiger charge is 2.01. The third-order valence-electron chi connectivity index (χ3n) is 1.87. The zero-order chi connectivity index (χ0) is 12.0. The third-order valence-corrected chi connectivity index (χ3v) is 3.64. The van der Waals surface area contributed by atoms with E-state index in [2.05, 4.69) is 21.9 Å². The molecule has 16 heavy (non-hydrogen) atoms. The first-order valence-electron chi connectivity index (χ1n) is 5.10. The Morgan fingerprint density at radius 1 is 1.44 bits per heavy atom. The number of aromatic nitrogens is 1. The molecular weight excluding hydrogens is 246 g/mol. The van der Waals surface area contributed by atoms with Gasteiger partial charge in [0.05, 0.1) is 17.0 Å². The standard InChI is InChI=1S/C9H17N3O2S2/c1-3-9-12-8(7-15-9)6-10-4-5-11-16(2,13)14/h7,10-11H,3-6H2,1-2H3. The fourth-order valence-electron chi connectivity index (χ4n) is 1.13. The molecule has 1 aromatic rings. The number of nitrogens with one attached hydrogen (secondary N) is 2. The molecular formula is C9H17N3O2S2. The fraction of sp³-hybridized carbons (Fsp3) is 0.667. The SMILES string of the molecule is CCc1nc(CNCCNS(C)(=O)=O)cs1. The van der Waals surface area contributed by atoms with Gasteiger partial charge in [0.15, 0.2) is 0 Å². The molecule has 1 heterocycles. The monoisotopic (exact) mass is 263 g/mol. The molecule has 0 aliphatic carbocycles. The zero-order valence-electron chi connectivity index (χ0n) is 9.49. The summed E-state index contributed by atoms with van der Waals surface area (Å²) in [5.41, 5.74) is 1.02. The second-order valence-corrected chi connectivity index (χ2v) is 6.21. The molecule has 0 aromatic carbocycles. The van der Waals surface area contributed by atoms with E-state index in [1.54, 1.807) is 11.3 Å². The Balaban J connectivity index is 2.16. The maximum absolute atomic E-state index is 10.8. The van der Waals surface area contributed by atoms with Crippen LogP contribution < -0.4 is 10.0 Å². The average molecular weight is 263 g/mol. The number of thiazole rings is 1. The van der Waals surface area contributed by atoms with Gasteiger partial charge in [-0.1, -0.05) is 6.92 Å². The van der Waals surface area contributed by atoms with E-state index in [0.29, 0.717) is 19.6 Å². The van der Waals surface area contributed by atoms with Gasteiger partial charge in [-0.3, -0.25) is 0 Å². The van der Waals surface area contributed by atoms with Gasteiger partial charge >= 0.3 is 0 Å². The molecule has 1 aromatic heterocycles. The molecule has 0 atom stereocenters. The molecule has 0 radical (unpaired) electrons. The molecule has 92 valence electrons. The summed E-state index contributed by atoms with van der Waals surface area (Å²) in [6, 6.07) is 0. The molecule has 2 N–H and O–H groups in total. The molecule has 0 bridgehead atoms. The summed E-state index contributed by atoms with van der Waals surface area (Å²) >= 11 is 1.65. The van der Waals surface area contributed by atoms with E-state index in [0.717, 1.165) is 23.4 Å². The van der Waals surface area contributed by atoms with Crippen LogP contribution in [0.2, 0.25) is 0 Å². The molecule has 1 rings (SSSR count). The Morgan fingerprint density at radius 2 is 2.19 bits per heavy atom. The van der Waals surface area contributed by atoms with Gasteiger partial charge in [0, 0.05) is 25.0 Å². The maximum atomic E-state index is 10.8. The van der Waals surface area contributed by atoms with Gasteiger partial charge in [0.25, 0.3) is 0 Å². The van der Waals surface area contributed by atoms with Gasteiger partial charge in [-0.05, 0) is 6.42 Å². The molecule has 0 aliphatic heterocycles.